The van der Waals surface area contributed by atoms with Crippen LogP contribution in [0.5, 0.6) is 0 Å². The monoisotopic (exact) mass is 583 g/mol. The minimum atomic E-state index is -0.539. The van der Waals surface area contributed by atoms with Crippen LogP contribution in [0, 0.1) is 11.8 Å². The minimum Gasteiger partial charge on any atom is -0.456 e. The van der Waals surface area contributed by atoms with Crippen LogP contribution in [0.2, 0.25) is 0 Å². The zero-order chi connectivity index (χ0) is 37.6. The zero-order valence-electron chi connectivity index (χ0n) is 33.0. The van der Waals surface area contributed by atoms with Crippen molar-refractivity contribution in [1.82, 2.24) is 0 Å². The van der Waals surface area contributed by atoms with Gasteiger partial charge in [-0.15, -0.1) is 0 Å². The van der Waals surface area contributed by atoms with Crippen molar-refractivity contribution < 1.29 is 16.8 Å². The van der Waals surface area contributed by atoms with Crippen molar-refractivity contribution in [3.8, 4) is 22.5 Å². The molecule has 0 saturated heterocycles. The van der Waals surface area contributed by atoms with Crippen molar-refractivity contribution in [3.63, 3.8) is 0 Å². The molecule has 212 valence electrons. The van der Waals surface area contributed by atoms with Crippen LogP contribution in [-0.4, -0.2) is 0 Å². The van der Waals surface area contributed by atoms with E-state index in [-0.39, 0.29) is 45.8 Å². The number of allylic oxidation sites excluding steroid dienone is 8. The van der Waals surface area contributed by atoms with E-state index in [0.717, 1.165) is 39.0 Å². The van der Waals surface area contributed by atoms with Crippen LogP contribution in [-0.2, 0) is 0 Å². The number of hydrogen-bond donors (Lipinski definition) is 0. The van der Waals surface area contributed by atoms with Crippen LogP contribution in [0.4, 0.5) is 0 Å². The fourth-order valence-corrected chi connectivity index (χ4v) is 6.93. The average molecular weight is 584 g/mol. The summed E-state index contributed by atoms with van der Waals surface area (Å²) in [6.45, 7) is 0. The highest BCUT2D eigenvalue weighted by molar-refractivity contribution is 6.19. The lowest BCUT2D eigenvalue weighted by molar-refractivity contribution is 0.631. The van der Waals surface area contributed by atoms with E-state index >= 15 is 0 Å². The van der Waals surface area contributed by atoms with Crippen molar-refractivity contribution >= 4 is 43.7 Å². The van der Waals surface area contributed by atoms with Gasteiger partial charge < -0.3 is 4.42 Å². The lowest BCUT2D eigenvalue weighted by atomic mass is 9.70. The highest BCUT2D eigenvalue weighted by Crippen LogP contribution is 2.49. The molecule has 2 atom stereocenters. The zero-order valence-corrected chi connectivity index (χ0v) is 24.0. The van der Waals surface area contributed by atoms with Gasteiger partial charge in [0.25, 0.3) is 0 Å². The minimum absolute atomic E-state index is 0.107. The standard InChI is InChI=1S/C44H30O/c1-3-13-29(14-4-1)42-28-32-27-31(25-26-41(32)45-42)33-21-11-23-35-34(33)22-12-24-36(35)44-39-19-9-7-17-37(39)43(30-15-5-2-6-16-30)38-18-8-10-20-40(38)44/h1-28,34-35H/i2D,5D,6D,7D,9D,15D,16D,17D,19D. The third-order valence-corrected chi connectivity index (χ3v) is 8.89. The van der Waals surface area contributed by atoms with Crippen molar-refractivity contribution in [1.29, 1.82) is 0 Å². The first-order chi connectivity index (χ1) is 26.1. The van der Waals surface area contributed by atoms with Gasteiger partial charge in [-0.05, 0) is 73.1 Å². The van der Waals surface area contributed by atoms with Crippen molar-refractivity contribution in [2.45, 2.75) is 0 Å². The third kappa shape index (κ3) is 4.24. The molecular weight excluding hydrogens is 544 g/mol. The van der Waals surface area contributed by atoms with Gasteiger partial charge in [0.15, 0.2) is 0 Å². The van der Waals surface area contributed by atoms with Gasteiger partial charge >= 0.3 is 0 Å². The Morgan fingerprint density at radius 3 is 1.93 bits per heavy atom. The Kier molecular flexibility index (Phi) is 4.25. The topological polar surface area (TPSA) is 13.1 Å². The smallest absolute Gasteiger partial charge is 0.135 e. The molecule has 6 aromatic carbocycles. The maximum Gasteiger partial charge on any atom is 0.135 e. The molecule has 1 heterocycles. The number of rotatable bonds is 4. The molecular formula is C44H30O. The number of benzene rings is 6. The Labute approximate surface area is 275 Å². The number of hydrogen-bond acceptors (Lipinski definition) is 1. The third-order valence-electron chi connectivity index (χ3n) is 8.89. The fourth-order valence-electron chi connectivity index (χ4n) is 6.93. The second-order valence-electron chi connectivity index (χ2n) is 11.3. The fraction of sp³-hybridized carbons (Fsp3) is 0.0455. The lowest BCUT2D eigenvalue weighted by Crippen LogP contribution is -2.19. The molecule has 0 spiro atoms. The molecule has 45 heavy (non-hydrogen) atoms. The Morgan fingerprint density at radius 1 is 0.511 bits per heavy atom. The van der Waals surface area contributed by atoms with Crippen LogP contribution in [0.15, 0.2) is 174 Å². The summed E-state index contributed by atoms with van der Waals surface area (Å²) in [5.74, 6) is 0.459. The first-order valence-electron chi connectivity index (χ1n) is 19.4. The average Bonchev–Trinajstić information content (AvgIpc) is 3.64. The van der Waals surface area contributed by atoms with Crippen LogP contribution in [0.1, 0.15) is 23.5 Å². The second kappa shape index (κ2) is 10.5. The first kappa shape index (κ1) is 18.2. The highest BCUT2D eigenvalue weighted by Gasteiger charge is 2.31. The van der Waals surface area contributed by atoms with Crippen molar-refractivity contribution in [2.75, 3.05) is 0 Å². The van der Waals surface area contributed by atoms with Gasteiger partial charge in [-0.2, -0.15) is 0 Å². The van der Waals surface area contributed by atoms with Crippen LogP contribution in [0.3, 0.4) is 0 Å². The van der Waals surface area contributed by atoms with Crippen LogP contribution >= 0.6 is 0 Å². The molecule has 7 aromatic rings. The number of furan rings is 1. The van der Waals surface area contributed by atoms with E-state index < -0.39 is 42.3 Å². The maximum absolute atomic E-state index is 9.32. The Balaban J connectivity index is 1.26. The molecule has 0 radical (unpaired) electrons. The van der Waals surface area contributed by atoms with Gasteiger partial charge in [-0.3, -0.25) is 0 Å². The summed E-state index contributed by atoms with van der Waals surface area (Å²) in [6, 6.07) is 21.6. The van der Waals surface area contributed by atoms with E-state index in [2.05, 4.69) is 36.4 Å². The summed E-state index contributed by atoms with van der Waals surface area (Å²) in [6.07, 6.45) is 12.4. The van der Waals surface area contributed by atoms with E-state index in [1.165, 1.54) is 0 Å². The van der Waals surface area contributed by atoms with Crippen molar-refractivity contribution in [3.05, 3.63) is 181 Å². The lowest BCUT2D eigenvalue weighted by Gasteiger charge is -2.33. The van der Waals surface area contributed by atoms with Crippen molar-refractivity contribution in [2.24, 2.45) is 11.8 Å². The molecule has 2 aliphatic carbocycles. The van der Waals surface area contributed by atoms with E-state index in [4.69, 9.17) is 14.0 Å². The van der Waals surface area contributed by atoms with Gasteiger partial charge in [0.1, 0.15) is 11.3 Å². The molecule has 2 unspecified atom stereocenters. The van der Waals surface area contributed by atoms with Crippen LogP contribution < -0.4 is 0 Å². The quantitative estimate of drug-likeness (QED) is 0.188. The predicted octanol–water partition coefficient (Wildman–Crippen LogP) is 11.9. The molecule has 1 nitrogen and oxygen atoms in total. The normalized spacial score (nSPS) is 20.2. The molecule has 0 saturated carbocycles. The van der Waals surface area contributed by atoms with Crippen LogP contribution in [0.25, 0.3) is 66.1 Å². The molecule has 2 aliphatic rings. The van der Waals surface area contributed by atoms with E-state index in [1.807, 2.05) is 66.8 Å². The SMILES string of the molecule is [2H]c1c([2H])c([2H])c(-c2c3ccccc3c(C3=CC=CC4C(c5ccc6oc(-c7ccccc7)cc6c5)=CC=CC34)c3c([2H])c([2H])c([2H])c([2H])c23)c([2H])c1[2H]. The van der Waals surface area contributed by atoms with Gasteiger partial charge in [0.2, 0.25) is 0 Å². The summed E-state index contributed by atoms with van der Waals surface area (Å²) in [4.78, 5) is 0. The number of fused-ring (bicyclic) bond motifs is 4. The molecule has 0 fully saturated rings. The molecule has 1 heteroatoms. The Bertz CT molecular complexity index is 2850. The van der Waals surface area contributed by atoms with Gasteiger partial charge in [-0.1, -0.05) is 152 Å². The molecule has 0 amide bonds. The Morgan fingerprint density at radius 2 is 1.16 bits per heavy atom. The molecule has 1 aromatic heterocycles. The maximum atomic E-state index is 9.32. The Hall–Kier alpha value is -5.66. The molecule has 0 N–H and O–H groups in total. The summed E-state index contributed by atoms with van der Waals surface area (Å²) in [5, 5.41) is 2.49. The first-order valence-corrected chi connectivity index (χ1v) is 14.9. The second-order valence-corrected chi connectivity index (χ2v) is 11.3. The van der Waals surface area contributed by atoms with Gasteiger partial charge in [0.05, 0.1) is 12.3 Å². The molecule has 0 bridgehead atoms. The summed E-state index contributed by atoms with van der Waals surface area (Å²) in [7, 11) is 0. The molecule has 9 rings (SSSR count). The van der Waals surface area contributed by atoms with Gasteiger partial charge in [-0.25, -0.2) is 0 Å². The summed E-state index contributed by atoms with van der Waals surface area (Å²) < 4.78 is 85.2. The van der Waals surface area contributed by atoms with E-state index in [1.54, 1.807) is 12.1 Å². The van der Waals surface area contributed by atoms with Gasteiger partial charge in [0, 0.05) is 22.8 Å². The molecule has 0 aliphatic heterocycles. The highest BCUT2D eigenvalue weighted by atomic mass is 16.3. The van der Waals surface area contributed by atoms with E-state index in [9.17, 15) is 2.74 Å². The predicted molar refractivity (Wildman–Crippen MR) is 190 cm³/mol. The summed E-state index contributed by atoms with van der Waals surface area (Å²) in [5.41, 5.74) is 5.43. The van der Waals surface area contributed by atoms with E-state index in [0.29, 0.717) is 16.3 Å². The summed E-state index contributed by atoms with van der Waals surface area (Å²) >= 11 is 0. The largest absolute Gasteiger partial charge is 0.456 e.